The Balaban J connectivity index is 2.06. The van der Waals surface area contributed by atoms with Gasteiger partial charge >= 0.3 is 0 Å². The third-order valence-electron chi connectivity index (χ3n) is 3.80. The molecule has 3 aromatic rings. The number of hydrogen-bond donors (Lipinski definition) is 0. The normalized spacial score (nSPS) is 11.2. The van der Waals surface area contributed by atoms with Crippen LogP contribution in [0.3, 0.4) is 0 Å². The van der Waals surface area contributed by atoms with E-state index < -0.39 is 0 Å². The maximum atomic E-state index is 6.36. The highest BCUT2D eigenvalue weighted by Gasteiger charge is 2.07. The molecule has 0 atom stereocenters. The monoisotopic (exact) mass is 283 g/mol. The highest BCUT2D eigenvalue weighted by Crippen LogP contribution is 2.24. The molecular formula is C18H18ClN. The second-order valence-corrected chi connectivity index (χ2v) is 5.65. The minimum absolute atomic E-state index is 0.819. The fraction of sp³-hybridized carbons (Fsp3) is 0.222. The van der Waals surface area contributed by atoms with Crippen molar-refractivity contribution < 1.29 is 0 Å². The van der Waals surface area contributed by atoms with Gasteiger partial charge in [-0.05, 0) is 47.6 Å². The van der Waals surface area contributed by atoms with Crippen molar-refractivity contribution in [2.24, 2.45) is 0 Å². The highest BCUT2D eigenvalue weighted by molar-refractivity contribution is 6.31. The van der Waals surface area contributed by atoms with Crippen molar-refractivity contribution in [3.63, 3.8) is 0 Å². The van der Waals surface area contributed by atoms with Crippen LogP contribution in [0, 0.1) is 6.92 Å². The zero-order chi connectivity index (χ0) is 14.1. The lowest BCUT2D eigenvalue weighted by Crippen LogP contribution is -2.00. The lowest BCUT2D eigenvalue weighted by atomic mass is 10.1. The Morgan fingerprint density at radius 1 is 1.05 bits per heavy atom. The molecule has 0 spiro atoms. The molecular weight excluding hydrogens is 266 g/mol. The van der Waals surface area contributed by atoms with Gasteiger partial charge in [0.15, 0.2) is 0 Å². The van der Waals surface area contributed by atoms with Gasteiger partial charge in [-0.3, -0.25) is 0 Å². The Bertz CT molecular complexity index is 755. The minimum atomic E-state index is 0.819. The lowest BCUT2D eigenvalue weighted by Gasteiger charge is -2.11. The van der Waals surface area contributed by atoms with Crippen molar-refractivity contribution in [2.45, 2.75) is 26.8 Å². The largest absolute Gasteiger partial charge is 0.343 e. The van der Waals surface area contributed by atoms with E-state index in [4.69, 9.17) is 11.6 Å². The summed E-state index contributed by atoms with van der Waals surface area (Å²) in [5.41, 5.74) is 5.08. The van der Waals surface area contributed by atoms with Gasteiger partial charge in [0.05, 0.1) is 5.52 Å². The molecule has 0 unspecified atom stereocenters. The van der Waals surface area contributed by atoms with Gasteiger partial charge in [-0.2, -0.15) is 0 Å². The molecule has 102 valence electrons. The lowest BCUT2D eigenvalue weighted by molar-refractivity contribution is 0.831. The van der Waals surface area contributed by atoms with Gasteiger partial charge in [-0.15, -0.1) is 0 Å². The molecule has 0 aliphatic carbocycles. The smallest absolute Gasteiger partial charge is 0.0515 e. The van der Waals surface area contributed by atoms with Gasteiger partial charge in [-0.1, -0.05) is 48.9 Å². The summed E-state index contributed by atoms with van der Waals surface area (Å²) >= 11 is 6.36. The van der Waals surface area contributed by atoms with Gasteiger partial charge in [0.1, 0.15) is 0 Å². The third-order valence-corrected chi connectivity index (χ3v) is 4.15. The summed E-state index contributed by atoms with van der Waals surface area (Å²) in [6, 6.07) is 15.0. The summed E-state index contributed by atoms with van der Waals surface area (Å²) in [6.45, 7) is 5.08. The minimum Gasteiger partial charge on any atom is -0.343 e. The zero-order valence-corrected chi connectivity index (χ0v) is 12.6. The number of hydrogen-bond acceptors (Lipinski definition) is 0. The van der Waals surface area contributed by atoms with E-state index in [9.17, 15) is 0 Å². The number of aryl methyl sites for hydroxylation is 2. The molecule has 0 amide bonds. The molecule has 2 heteroatoms. The molecule has 0 saturated heterocycles. The van der Waals surface area contributed by atoms with Crippen LogP contribution in [0.4, 0.5) is 0 Å². The van der Waals surface area contributed by atoms with Crippen molar-refractivity contribution in [2.75, 3.05) is 0 Å². The van der Waals surface area contributed by atoms with Crippen LogP contribution in [0.15, 0.2) is 48.7 Å². The quantitative estimate of drug-likeness (QED) is 0.621. The molecule has 2 aromatic carbocycles. The molecule has 1 nitrogen and oxygen atoms in total. The molecule has 1 heterocycles. The second kappa shape index (κ2) is 5.34. The Morgan fingerprint density at radius 2 is 1.90 bits per heavy atom. The Morgan fingerprint density at radius 3 is 2.65 bits per heavy atom. The van der Waals surface area contributed by atoms with E-state index in [1.54, 1.807) is 0 Å². The number of benzene rings is 2. The van der Waals surface area contributed by atoms with Crippen LogP contribution in [-0.2, 0) is 13.0 Å². The highest BCUT2D eigenvalue weighted by atomic mass is 35.5. The molecule has 3 rings (SSSR count). The fourth-order valence-electron chi connectivity index (χ4n) is 2.72. The van der Waals surface area contributed by atoms with Gasteiger partial charge in [0.2, 0.25) is 0 Å². The first-order valence-electron chi connectivity index (χ1n) is 7.01. The van der Waals surface area contributed by atoms with Crippen molar-refractivity contribution >= 4 is 22.5 Å². The summed E-state index contributed by atoms with van der Waals surface area (Å²) in [6.07, 6.45) is 3.20. The van der Waals surface area contributed by atoms with Crippen LogP contribution in [0.5, 0.6) is 0 Å². The summed E-state index contributed by atoms with van der Waals surface area (Å²) in [5, 5.41) is 2.15. The number of halogens is 1. The van der Waals surface area contributed by atoms with Gasteiger partial charge in [0, 0.05) is 17.8 Å². The average molecular weight is 284 g/mol. The summed E-state index contributed by atoms with van der Waals surface area (Å²) in [5.74, 6) is 0. The fourth-order valence-corrected chi connectivity index (χ4v) is 3.02. The first-order chi connectivity index (χ1) is 9.69. The average Bonchev–Trinajstić information content (AvgIpc) is 2.85. The van der Waals surface area contributed by atoms with Crippen LogP contribution < -0.4 is 0 Å². The maximum absolute atomic E-state index is 6.36. The number of para-hydroxylation sites is 1. The Hall–Kier alpha value is -1.73. The van der Waals surface area contributed by atoms with Crippen molar-refractivity contribution in [3.05, 3.63) is 70.4 Å². The van der Waals surface area contributed by atoms with Crippen LogP contribution in [0.1, 0.15) is 23.6 Å². The predicted octanol–water partition coefficient (Wildman–Crippen LogP) is 5.21. The van der Waals surface area contributed by atoms with Gasteiger partial charge < -0.3 is 4.57 Å². The maximum Gasteiger partial charge on any atom is 0.0515 e. The van der Waals surface area contributed by atoms with Crippen LogP contribution in [-0.4, -0.2) is 4.57 Å². The number of rotatable bonds is 3. The standard InChI is InChI=1S/C18H18ClN/c1-3-14-5-4-6-15-9-10-20(18(14)15)12-16-8-7-13(2)11-17(16)19/h4-11H,3,12H2,1-2H3. The van der Waals surface area contributed by atoms with Gasteiger partial charge in [-0.25, -0.2) is 0 Å². The van der Waals surface area contributed by atoms with Crippen molar-refractivity contribution in [1.82, 2.24) is 4.57 Å². The van der Waals surface area contributed by atoms with Crippen molar-refractivity contribution in [1.29, 1.82) is 0 Å². The molecule has 1 aromatic heterocycles. The topological polar surface area (TPSA) is 4.93 Å². The number of aromatic nitrogens is 1. The van der Waals surface area contributed by atoms with Crippen LogP contribution in [0.2, 0.25) is 5.02 Å². The third kappa shape index (κ3) is 2.34. The molecule has 0 bridgehead atoms. The van der Waals surface area contributed by atoms with E-state index in [1.165, 1.54) is 27.6 Å². The molecule has 0 radical (unpaired) electrons. The van der Waals surface area contributed by atoms with Crippen LogP contribution >= 0.6 is 11.6 Å². The number of nitrogens with zero attached hydrogens (tertiary/aromatic N) is 1. The summed E-state index contributed by atoms with van der Waals surface area (Å²) < 4.78 is 2.30. The van der Waals surface area contributed by atoms with Crippen molar-refractivity contribution in [3.8, 4) is 0 Å². The van der Waals surface area contributed by atoms with E-state index in [2.05, 4.69) is 61.0 Å². The predicted molar refractivity (Wildman–Crippen MR) is 86.6 cm³/mol. The molecule has 0 N–H and O–H groups in total. The SMILES string of the molecule is CCc1cccc2ccn(Cc3ccc(C)cc3Cl)c12. The van der Waals surface area contributed by atoms with Crippen LogP contribution in [0.25, 0.3) is 10.9 Å². The molecule has 20 heavy (non-hydrogen) atoms. The molecule has 0 fully saturated rings. The second-order valence-electron chi connectivity index (χ2n) is 5.25. The van der Waals surface area contributed by atoms with E-state index in [-0.39, 0.29) is 0 Å². The van der Waals surface area contributed by atoms with E-state index in [1.807, 2.05) is 6.07 Å². The molecule has 0 saturated carbocycles. The zero-order valence-electron chi connectivity index (χ0n) is 11.9. The Labute approximate surface area is 124 Å². The first-order valence-corrected chi connectivity index (χ1v) is 7.38. The number of fused-ring (bicyclic) bond motifs is 1. The molecule has 0 aliphatic heterocycles. The Kier molecular flexibility index (Phi) is 3.54. The van der Waals surface area contributed by atoms with E-state index in [0.717, 1.165) is 18.0 Å². The summed E-state index contributed by atoms with van der Waals surface area (Å²) in [7, 11) is 0. The summed E-state index contributed by atoms with van der Waals surface area (Å²) in [4.78, 5) is 0. The van der Waals surface area contributed by atoms with E-state index in [0.29, 0.717) is 0 Å². The molecule has 0 aliphatic rings. The first kappa shape index (κ1) is 13.3. The van der Waals surface area contributed by atoms with Gasteiger partial charge in [0.25, 0.3) is 0 Å². The van der Waals surface area contributed by atoms with E-state index >= 15 is 0 Å².